The summed E-state index contributed by atoms with van der Waals surface area (Å²) in [6.45, 7) is 3.15. The van der Waals surface area contributed by atoms with Gasteiger partial charge in [-0.15, -0.1) is 0 Å². The van der Waals surface area contributed by atoms with Crippen LogP contribution in [0.3, 0.4) is 0 Å². The van der Waals surface area contributed by atoms with Crippen LogP contribution in [0.2, 0.25) is 0 Å². The first-order valence-electron chi connectivity index (χ1n) is 8.02. The van der Waals surface area contributed by atoms with Crippen molar-refractivity contribution in [2.45, 2.75) is 19.8 Å². The highest BCUT2D eigenvalue weighted by Gasteiger charge is 2.17. The smallest absolute Gasteiger partial charge is 0.339 e. The number of hydrogen-bond donors (Lipinski definition) is 1. The third kappa shape index (κ3) is 5.06. The molecule has 5 heteroatoms. The van der Waals surface area contributed by atoms with E-state index in [0.717, 1.165) is 24.2 Å². The van der Waals surface area contributed by atoms with Gasteiger partial charge in [0.2, 0.25) is 0 Å². The van der Waals surface area contributed by atoms with Gasteiger partial charge >= 0.3 is 5.97 Å². The van der Waals surface area contributed by atoms with E-state index in [-0.39, 0.29) is 5.56 Å². The number of ether oxygens (including phenoxy) is 1. The number of benzene rings is 1. The third-order valence-electron chi connectivity index (χ3n) is 3.65. The molecule has 1 N–H and O–H groups in total. The van der Waals surface area contributed by atoms with Crippen LogP contribution in [0.5, 0.6) is 5.75 Å². The zero-order valence-corrected chi connectivity index (χ0v) is 14.5. The van der Waals surface area contributed by atoms with Gasteiger partial charge in [0.1, 0.15) is 5.56 Å². The first-order valence-corrected chi connectivity index (χ1v) is 8.02. The monoisotopic (exact) mass is 328 g/mol. The fraction of sp³-hybridized carbons (Fsp3) is 0.368. The molecule has 0 aliphatic carbocycles. The van der Waals surface area contributed by atoms with Crippen LogP contribution in [0.1, 0.15) is 33.7 Å². The molecule has 2 aromatic rings. The van der Waals surface area contributed by atoms with Crippen LogP contribution in [-0.4, -0.2) is 48.2 Å². The molecular formula is C19H24N2O3. The lowest BCUT2D eigenvalue weighted by Gasteiger charge is -2.14. The Labute approximate surface area is 142 Å². The molecule has 2 rings (SSSR count). The summed E-state index contributed by atoms with van der Waals surface area (Å²) >= 11 is 0. The summed E-state index contributed by atoms with van der Waals surface area (Å²) in [5, 5.41) is 9.51. The number of pyridine rings is 1. The first kappa shape index (κ1) is 17.9. The van der Waals surface area contributed by atoms with Gasteiger partial charge in [0.25, 0.3) is 0 Å². The van der Waals surface area contributed by atoms with Gasteiger partial charge in [-0.1, -0.05) is 30.3 Å². The van der Waals surface area contributed by atoms with Crippen molar-refractivity contribution in [1.82, 2.24) is 9.88 Å². The Hall–Kier alpha value is -2.40. The van der Waals surface area contributed by atoms with E-state index in [2.05, 4.69) is 9.88 Å². The Kier molecular flexibility index (Phi) is 6.32. The molecule has 0 bridgehead atoms. The van der Waals surface area contributed by atoms with E-state index in [0.29, 0.717) is 24.5 Å². The number of aromatic carboxylic acids is 1. The Balaban J connectivity index is 2.17. The summed E-state index contributed by atoms with van der Waals surface area (Å²) in [5.41, 5.74) is 2.63. The zero-order valence-electron chi connectivity index (χ0n) is 14.5. The number of nitrogens with zero attached hydrogens (tertiary/aromatic N) is 2. The molecule has 0 saturated heterocycles. The van der Waals surface area contributed by atoms with E-state index in [1.54, 1.807) is 13.0 Å². The van der Waals surface area contributed by atoms with Crippen molar-refractivity contribution in [3.05, 3.63) is 58.9 Å². The highest BCUT2D eigenvalue weighted by atomic mass is 16.5. The van der Waals surface area contributed by atoms with Crippen LogP contribution >= 0.6 is 0 Å². The summed E-state index contributed by atoms with van der Waals surface area (Å²) in [6, 6.07) is 11.5. The lowest BCUT2D eigenvalue weighted by atomic mass is 10.1. The molecule has 5 nitrogen and oxygen atoms in total. The number of aryl methyl sites for hydroxylation is 1. The molecule has 128 valence electrons. The summed E-state index contributed by atoms with van der Waals surface area (Å²) in [5.74, 6) is -0.615. The van der Waals surface area contributed by atoms with Crippen molar-refractivity contribution >= 4 is 5.97 Å². The summed E-state index contributed by atoms with van der Waals surface area (Å²) in [6.07, 6.45) is 1.43. The summed E-state index contributed by atoms with van der Waals surface area (Å²) < 4.78 is 5.71. The molecule has 0 aliphatic heterocycles. The van der Waals surface area contributed by atoms with Gasteiger partial charge < -0.3 is 14.7 Å². The van der Waals surface area contributed by atoms with E-state index in [1.165, 1.54) is 0 Å². The summed E-state index contributed by atoms with van der Waals surface area (Å²) in [7, 11) is 3.99. The first-order chi connectivity index (χ1) is 11.5. The van der Waals surface area contributed by atoms with Crippen molar-refractivity contribution in [3.8, 4) is 5.75 Å². The largest absolute Gasteiger partial charge is 0.491 e. The number of hydrogen-bond acceptors (Lipinski definition) is 4. The fourth-order valence-corrected chi connectivity index (χ4v) is 2.52. The van der Waals surface area contributed by atoms with E-state index in [1.807, 2.05) is 44.4 Å². The second-order valence-electron chi connectivity index (χ2n) is 6.05. The van der Waals surface area contributed by atoms with Crippen LogP contribution in [0, 0.1) is 6.92 Å². The molecule has 1 heterocycles. The Morgan fingerprint density at radius 1 is 1.25 bits per heavy atom. The minimum Gasteiger partial charge on any atom is -0.491 e. The molecular weight excluding hydrogens is 304 g/mol. The number of aromatic nitrogens is 1. The molecule has 0 amide bonds. The molecule has 1 aromatic heterocycles. The lowest BCUT2D eigenvalue weighted by molar-refractivity contribution is 0.0691. The van der Waals surface area contributed by atoms with Gasteiger partial charge in [-0.05, 0) is 39.1 Å². The quantitative estimate of drug-likeness (QED) is 0.755. The molecule has 0 radical (unpaired) electrons. The average Bonchev–Trinajstić information content (AvgIpc) is 2.53. The molecule has 0 atom stereocenters. The van der Waals surface area contributed by atoms with E-state index in [4.69, 9.17) is 4.74 Å². The molecule has 0 spiro atoms. The molecule has 0 fully saturated rings. The SMILES string of the molecule is Cc1nc(Cc2ccccc2)cc(C(=O)O)c1OCCCN(C)C. The molecule has 1 aromatic carbocycles. The summed E-state index contributed by atoms with van der Waals surface area (Å²) in [4.78, 5) is 18.2. The predicted molar refractivity (Wildman–Crippen MR) is 93.8 cm³/mol. The van der Waals surface area contributed by atoms with E-state index < -0.39 is 5.97 Å². The van der Waals surface area contributed by atoms with Crippen LogP contribution in [-0.2, 0) is 6.42 Å². The third-order valence-corrected chi connectivity index (χ3v) is 3.65. The minimum absolute atomic E-state index is 0.179. The van der Waals surface area contributed by atoms with Crippen LogP contribution in [0.25, 0.3) is 0 Å². The van der Waals surface area contributed by atoms with Gasteiger partial charge in [-0.25, -0.2) is 4.79 Å². The van der Waals surface area contributed by atoms with Crippen LogP contribution in [0.4, 0.5) is 0 Å². The van der Waals surface area contributed by atoms with E-state index >= 15 is 0 Å². The maximum atomic E-state index is 11.6. The second kappa shape index (κ2) is 8.45. The van der Waals surface area contributed by atoms with Crippen molar-refractivity contribution in [2.75, 3.05) is 27.2 Å². The topological polar surface area (TPSA) is 62.7 Å². The van der Waals surface area contributed by atoms with Crippen molar-refractivity contribution in [2.24, 2.45) is 0 Å². The maximum absolute atomic E-state index is 11.6. The van der Waals surface area contributed by atoms with E-state index in [9.17, 15) is 9.90 Å². The van der Waals surface area contributed by atoms with Crippen molar-refractivity contribution in [1.29, 1.82) is 0 Å². The second-order valence-corrected chi connectivity index (χ2v) is 6.05. The van der Waals surface area contributed by atoms with Crippen LogP contribution < -0.4 is 4.74 Å². The minimum atomic E-state index is -0.988. The fourth-order valence-electron chi connectivity index (χ4n) is 2.52. The van der Waals surface area contributed by atoms with Gasteiger partial charge in [0.15, 0.2) is 5.75 Å². The number of rotatable bonds is 8. The normalized spacial score (nSPS) is 10.8. The lowest BCUT2D eigenvalue weighted by Crippen LogP contribution is -2.16. The number of carboxylic acids is 1. The van der Waals surface area contributed by atoms with Gasteiger partial charge in [-0.3, -0.25) is 4.98 Å². The molecule has 0 unspecified atom stereocenters. The standard InChI is InChI=1S/C19H24N2O3/c1-14-18(24-11-7-10-21(2)3)17(19(22)23)13-16(20-14)12-15-8-5-4-6-9-15/h4-6,8-9,13H,7,10-12H2,1-3H3,(H,22,23). The Bertz CT molecular complexity index is 685. The van der Waals surface area contributed by atoms with Gasteiger partial charge in [-0.2, -0.15) is 0 Å². The maximum Gasteiger partial charge on any atom is 0.339 e. The van der Waals surface area contributed by atoms with Crippen LogP contribution in [0.15, 0.2) is 36.4 Å². The number of carboxylic acid groups (broad SMARTS) is 1. The number of carbonyl (C=O) groups is 1. The predicted octanol–water partition coefficient (Wildman–Crippen LogP) is 3.01. The zero-order chi connectivity index (χ0) is 17.5. The Morgan fingerprint density at radius 2 is 1.96 bits per heavy atom. The van der Waals surface area contributed by atoms with Gasteiger partial charge in [0.05, 0.1) is 12.3 Å². The van der Waals surface area contributed by atoms with Gasteiger partial charge in [0, 0.05) is 18.7 Å². The molecule has 0 saturated carbocycles. The van der Waals surface area contributed by atoms with Crippen molar-refractivity contribution < 1.29 is 14.6 Å². The highest BCUT2D eigenvalue weighted by Crippen LogP contribution is 2.24. The van der Waals surface area contributed by atoms with Crippen molar-refractivity contribution in [3.63, 3.8) is 0 Å². The Morgan fingerprint density at radius 3 is 2.58 bits per heavy atom. The average molecular weight is 328 g/mol. The highest BCUT2D eigenvalue weighted by molar-refractivity contribution is 5.91. The molecule has 24 heavy (non-hydrogen) atoms. The molecule has 0 aliphatic rings.